The molecule has 17 heavy (non-hydrogen) atoms. The Hall–Kier alpha value is -0.770. The lowest BCUT2D eigenvalue weighted by molar-refractivity contribution is -0.118. The highest BCUT2D eigenvalue weighted by molar-refractivity contribution is 6.42. The molecule has 0 spiro atoms. The third kappa shape index (κ3) is 4.54. The molecule has 0 saturated heterocycles. The molecule has 1 rings (SSSR count). The van der Waals surface area contributed by atoms with E-state index in [4.69, 9.17) is 34.7 Å². The maximum absolute atomic E-state index is 10.8. The van der Waals surface area contributed by atoms with Crippen molar-refractivity contribution in [1.29, 1.82) is 0 Å². The van der Waals surface area contributed by atoms with Crippen LogP contribution in [0, 0.1) is 5.92 Å². The maximum Gasteiger partial charge on any atom is 0.217 e. The second-order valence-corrected chi connectivity index (χ2v) is 5.11. The maximum atomic E-state index is 10.8. The lowest BCUT2D eigenvalue weighted by Gasteiger charge is -2.17. The number of carbonyl (C=O) groups excluding carboxylic acids is 1. The Morgan fingerprint density at radius 1 is 1.35 bits per heavy atom. The molecule has 0 saturated carbocycles. The zero-order chi connectivity index (χ0) is 13.0. The first-order valence-corrected chi connectivity index (χ1v) is 6.14. The van der Waals surface area contributed by atoms with Crippen LogP contribution in [0.15, 0.2) is 18.2 Å². The van der Waals surface area contributed by atoms with Crippen molar-refractivity contribution < 1.29 is 4.79 Å². The Bertz CT molecular complexity index is 409. The SMILES string of the molecule is CC(CC(N)=O)CC(N)c1ccc(Cl)c(Cl)c1. The molecule has 1 aromatic rings. The molecule has 0 aliphatic carbocycles. The molecule has 3 nitrogen and oxygen atoms in total. The molecule has 2 unspecified atom stereocenters. The minimum absolute atomic E-state index is 0.150. The molecular weight excluding hydrogens is 259 g/mol. The van der Waals surface area contributed by atoms with Gasteiger partial charge in [0.15, 0.2) is 0 Å². The average Bonchev–Trinajstić information content (AvgIpc) is 2.20. The number of carbonyl (C=O) groups is 1. The monoisotopic (exact) mass is 274 g/mol. The van der Waals surface area contributed by atoms with E-state index in [-0.39, 0.29) is 17.9 Å². The first kappa shape index (κ1) is 14.3. The summed E-state index contributed by atoms with van der Waals surface area (Å²) in [6, 6.07) is 5.15. The number of rotatable bonds is 5. The van der Waals surface area contributed by atoms with Crippen molar-refractivity contribution in [3.8, 4) is 0 Å². The fourth-order valence-electron chi connectivity index (χ4n) is 1.74. The van der Waals surface area contributed by atoms with E-state index in [1.807, 2.05) is 13.0 Å². The van der Waals surface area contributed by atoms with Crippen molar-refractivity contribution in [2.24, 2.45) is 17.4 Å². The molecule has 2 atom stereocenters. The Labute approximate surface area is 111 Å². The van der Waals surface area contributed by atoms with Crippen LogP contribution >= 0.6 is 23.2 Å². The van der Waals surface area contributed by atoms with E-state index in [0.29, 0.717) is 22.9 Å². The molecule has 1 aromatic carbocycles. The molecule has 0 aliphatic rings. The zero-order valence-electron chi connectivity index (χ0n) is 9.62. The minimum Gasteiger partial charge on any atom is -0.370 e. The van der Waals surface area contributed by atoms with Gasteiger partial charge in [0.25, 0.3) is 0 Å². The standard InChI is InChI=1S/C12H16Cl2N2O/c1-7(5-12(16)17)4-11(15)8-2-3-9(13)10(14)6-8/h2-3,6-7,11H,4-5,15H2,1H3,(H2,16,17). The van der Waals surface area contributed by atoms with Crippen LogP contribution in [0.2, 0.25) is 10.0 Å². The first-order chi connectivity index (χ1) is 7.90. The highest BCUT2D eigenvalue weighted by Gasteiger charge is 2.14. The number of hydrogen-bond acceptors (Lipinski definition) is 2. The van der Waals surface area contributed by atoms with Gasteiger partial charge in [0.1, 0.15) is 0 Å². The van der Waals surface area contributed by atoms with Gasteiger partial charge in [0.2, 0.25) is 5.91 Å². The van der Waals surface area contributed by atoms with E-state index in [2.05, 4.69) is 0 Å². The molecular formula is C12H16Cl2N2O. The molecule has 0 aliphatic heterocycles. The first-order valence-electron chi connectivity index (χ1n) is 5.39. The molecule has 0 bridgehead atoms. The van der Waals surface area contributed by atoms with Crippen LogP contribution < -0.4 is 11.5 Å². The third-order valence-corrected chi connectivity index (χ3v) is 3.32. The molecule has 4 N–H and O–H groups in total. The fraction of sp³-hybridized carbons (Fsp3) is 0.417. The van der Waals surface area contributed by atoms with Gasteiger partial charge in [-0.25, -0.2) is 0 Å². The number of primary amides is 1. The molecule has 0 radical (unpaired) electrons. The second kappa shape index (κ2) is 6.24. The van der Waals surface area contributed by atoms with Crippen molar-refractivity contribution in [2.75, 3.05) is 0 Å². The summed E-state index contributed by atoms with van der Waals surface area (Å²) in [5.74, 6) is -0.157. The summed E-state index contributed by atoms with van der Waals surface area (Å²) in [7, 11) is 0. The van der Waals surface area contributed by atoms with Gasteiger partial charge in [-0.05, 0) is 30.0 Å². The van der Waals surface area contributed by atoms with E-state index in [1.165, 1.54) is 0 Å². The van der Waals surface area contributed by atoms with Gasteiger partial charge < -0.3 is 11.5 Å². The number of nitrogens with two attached hydrogens (primary N) is 2. The Kier molecular flexibility index (Phi) is 5.25. The van der Waals surface area contributed by atoms with Crippen LogP contribution in [0.4, 0.5) is 0 Å². The predicted molar refractivity (Wildman–Crippen MR) is 71.0 cm³/mol. The van der Waals surface area contributed by atoms with Crippen LogP contribution in [0.3, 0.4) is 0 Å². The summed E-state index contributed by atoms with van der Waals surface area (Å²) in [5, 5.41) is 0.995. The topological polar surface area (TPSA) is 69.1 Å². The van der Waals surface area contributed by atoms with Gasteiger partial charge in [-0.3, -0.25) is 4.79 Å². The Morgan fingerprint density at radius 3 is 2.53 bits per heavy atom. The van der Waals surface area contributed by atoms with Crippen molar-refractivity contribution >= 4 is 29.1 Å². The summed E-state index contributed by atoms with van der Waals surface area (Å²) < 4.78 is 0. The van der Waals surface area contributed by atoms with E-state index in [1.54, 1.807) is 12.1 Å². The highest BCUT2D eigenvalue weighted by Crippen LogP contribution is 2.27. The van der Waals surface area contributed by atoms with Crippen LogP contribution in [-0.4, -0.2) is 5.91 Å². The Morgan fingerprint density at radius 2 is 2.00 bits per heavy atom. The largest absolute Gasteiger partial charge is 0.370 e. The zero-order valence-corrected chi connectivity index (χ0v) is 11.1. The Balaban J connectivity index is 2.66. The molecule has 5 heteroatoms. The summed E-state index contributed by atoms with van der Waals surface area (Å²) in [4.78, 5) is 10.8. The van der Waals surface area contributed by atoms with Gasteiger partial charge in [-0.15, -0.1) is 0 Å². The second-order valence-electron chi connectivity index (χ2n) is 4.29. The summed E-state index contributed by atoms with van der Waals surface area (Å²) in [5.41, 5.74) is 12.1. The molecule has 0 heterocycles. The fourth-order valence-corrected chi connectivity index (χ4v) is 2.05. The lowest BCUT2D eigenvalue weighted by atomic mass is 9.94. The molecule has 1 amide bonds. The van der Waals surface area contributed by atoms with E-state index >= 15 is 0 Å². The normalized spacial score (nSPS) is 14.4. The van der Waals surface area contributed by atoms with Crippen LogP contribution in [0.5, 0.6) is 0 Å². The lowest BCUT2D eigenvalue weighted by Crippen LogP contribution is -2.19. The summed E-state index contributed by atoms with van der Waals surface area (Å²) in [6.07, 6.45) is 1.02. The number of amides is 1. The quantitative estimate of drug-likeness (QED) is 0.867. The van der Waals surface area contributed by atoms with Crippen molar-refractivity contribution in [3.63, 3.8) is 0 Å². The summed E-state index contributed by atoms with van der Waals surface area (Å²) >= 11 is 11.7. The number of benzene rings is 1. The van der Waals surface area contributed by atoms with Gasteiger partial charge in [-0.1, -0.05) is 36.2 Å². The summed E-state index contributed by atoms with van der Waals surface area (Å²) in [6.45, 7) is 1.95. The van der Waals surface area contributed by atoms with Crippen LogP contribution in [0.25, 0.3) is 0 Å². The van der Waals surface area contributed by atoms with Gasteiger partial charge >= 0.3 is 0 Å². The molecule has 0 fully saturated rings. The smallest absolute Gasteiger partial charge is 0.217 e. The third-order valence-electron chi connectivity index (χ3n) is 2.58. The van der Waals surface area contributed by atoms with E-state index in [0.717, 1.165) is 5.56 Å². The average molecular weight is 275 g/mol. The molecule has 0 aromatic heterocycles. The van der Waals surface area contributed by atoms with Crippen molar-refractivity contribution in [1.82, 2.24) is 0 Å². The van der Waals surface area contributed by atoms with Gasteiger partial charge in [0, 0.05) is 12.5 Å². The minimum atomic E-state index is -0.307. The predicted octanol–water partition coefficient (Wildman–Crippen LogP) is 2.89. The van der Waals surface area contributed by atoms with Crippen molar-refractivity contribution in [2.45, 2.75) is 25.8 Å². The van der Waals surface area contributed by atoms with Crippen molar-refractivity contribution in [3.05, 3.63) is 33.8 Å². The highest BCUT2D eigenvalue weighted by atomic mass is 35.5. The number of halogens is 2. The van der Waals surface area contributed by atoms with E-state index in [9.17, 15) is 4.79 Å². The van der Waals surface area contributed by atoms with Crippen LogP contribution in [-0.2, 0) is 4.79 Å². The van der Waals surface area contributed by atoms with E-state index < -0.39 is 0 Å². The van der Waals surface area contributed by atoms with Gasteiger partial charge in [-0.2, -0.15) is 0 Å². The van der Waals surface area contributed by atoms with Crippen LogP contribution in [0.1, 0.15) is 31.4 Å². The number of hydrogen-bond donors (Lipinski definition) is 2. The molecule has 94 valence electrons. The van der Waals surface area contributed by atoms with Gasteiger partial charge in [0.05, 0.1) is 10.0 Å².